The second kappa shape index (κ2) is 13.9. The lowest BCUT2D eigenvalue weighted by atomic mass is 10.2. The molecule has 0 spiro atoms. The summed E-state index contributed by atoms with van der Waals surface area (Å²) in [6.45, 7) is 2.03. The van der Waals surface area contributed by atoms with Crippen LogP contribution in [0.3, 0.4) is 0 Å². The Morgan fingerprint density at radius 1 is 0.706 bits per heavy atom. The summed E-state index contributed by atoms with van der Waals surface area (Å²) in [5.41, 5.74) is 0.242. The van der Waals surface area contributed by atoms with Crippen molar-refractivity contribution < 1.29 is 48.1 Å². The molecule has 186 valence electrons. The molecule has 0 aliphatic carbocycles. The molecule has 0 heterocycles. The van der Waals surface area contributed by atoms with Gasteiger partial charge in [0.25, 0.3) is 0 Å². The second-order valence-corrected chi connectivity index (χ2v) is 6.99. The van der Waals surface area contributed by atoms with Crippen LogP contribution in [-0.2, 0) is 19.6 Å². The number of methoxy groups -OCH3 is 4. The van der Waals surface area contributed by atoms with Crippen molar-refractivity contribution in [3.8, 4) is 23.0 Å². The Kier molecular flexibility index (Phi) is 10.9. The molecule has 2 aromatic rings. The third-order valence-corrected chi connectivity index (χ3v) is 4.76. The first-order chi connectivity index (χ1) is 16.5. The van der Waals surface area contributed by atoms with Gasteiger partial charge in [-0.05, 0) is 30.7 Å². The van der Waals surface area contributed by atoms with Crippen LogP contribution in [0.15, 0.2) is 36.4 Å². The van der Waals surface area contributed by atoms with E-state index in [1.165, 1.54) is 52.7 Å². The van der Waals surface area contributed by atoms with Crippen molar-refractivity contribution in [3.63, 3.8) is 0 Å². The number of carbonyl (C=O) groups is 2. The molecule has 0 aliphatic rings. The van der Waals surface area contributed by atoms with E-state index in [1.54, 1.807) is 12.1 Å². The van der Waals surface area contributed by atoms with Gasteiger partial charge in [-0.3, -0.25) is 9.78 Å². The van der Waals surface area contributed by atoms with Crippen LogP contribution in [0.4, 0.5) is 0 Å². The highest BCUT2D eigenvalue weighted by molar-refractivity contribution is 5.93. The Morgan fingerprint density at radius 2 is 1.18 bits per heavy atom. The Bertz CT molecular complexity index is 872. The number of unbranched alkanes of at least 4 members (excludes halogenated alkanes) is 2. The largest absolute Gasteiger partial charge is 0.497 e. The van der Waals surface area contributed by atoms with Gasteiger partial charge in [0.1, 0.15) is 34.1 Å². The molecule has 0 unspecified atom stereocenters. The Labute approximate surface area is 198 Å². The number of rotatable bonds is 14. The molecule has 0 saturated heterocycles. The molecule has 0 N–H and O–H groups in total. The lowest BCUT2D eigenvalue weighted by molar-refractivity contribution is -0.421. The van der Waals surface area contributed by atoms with E-state index < -0.39 is 18.2 Å². The van der Waals surface area contributed by atoms with Gasteiger partial charge in [0.15, 0.2) is 0 Å². The van der Waals surface area contributed by atoms with Gasteiger partial charge in [0, 0.05) is 18.6 Å². The third-order valence-electron chi connectivity index (χ3n) is 4.76. The Hall–Kier alpha value is -3.50. The van der Waals surface area contributed by atoms with Crippen molar-refractivity contribution in [2.24, 2.45) is 0 Å². The number of ether oxygens (including phenoxy) is 4. The average molecular weight is 478 g/mol. The highest BCUT2D eigenvalue weighted by Crippen LogP contribution is 2.27. The zero-order valence-electron chi connectivity index (χ0n) is 20.0. The summed E-state index contributed by atoms with van der Waals surface area (Å²) in [5, 5.41) is 0. The molecule has 0 fully saturated rings. The van der Waals surface area contributed by atoms with E-state index in [1.807, 2.05) is 6.92 Å². The molecule has 2 rings (SSSR count). The van der Waals surface area contributed by atoms with Gasteiger partial charge in [-0.1, -0.05) is 19.8 Å². The lowest BCUT2D eigenvalue weighted by Gasteiger charge is -2.16. The van der Waals surface area contributed by atoms with Crippen molar-refractivity contribution in [2.45, 2.75) is 38.9 Å². The molecule has 0 saturated carbocycles. The average Bonchev–Trinajstić information content (AvgIpc) is 2.88. The van der Waals surface area contributed by atoms with Crippen LogP contribution in [0, 0.1) is 0 Å². The number of hydrogen-bond donors (Lipinski definition) is 0. The van der Waals surface area contributed by atoms with Gasteiger partial charge in [-0.25, -0.2) is 9.59 Å². The molecule has 34 heavy (non-hydrogen) atoms. The predicted molar refractivity (Wildman–Crippen MR) is 120 cm³/mol. The van der Waals surface area contributed by atoms with E-state index in [9.17, 15) is 9.59 Å². The third kappa shape index (κ3) is 7.53. The van der Waals surface area contributed by atoms with E-state index in [0.717, 1.165) is 12.8 Å². The van der Waals surface area contributed by atoms with E-state index >= 15 is 0 Å². The minimum Gasteiger partial charge on any atom is -0.497 e. The number of carbonyl (C=O) groups excluding carboxylic acids is 2. The van der Waals surface area contributed by atoms with Gasteiger partial charge in [0.05, 0.1) is 28.4 Å². The van der Waals surface area contributed by atoms with Crippen LogP contribution in [0.1, 0.15) is 53.3 Å². The summed E-state index contributed by atoms with van der Waals surface area (Å²) in [5.74, 6) is -0.116. The maximum Gasteiger partial charge on any atom is 0.376 e. The summed E-state index contributed by atoms with van der Waals surface area (Å²) < 4.78 is 20.6. The maximum atomic E-state index is 12.5. The zero-order valence-corrected chi connectivity index (χ0v) is 20.0. The van der Waals surface area contributed by atoms with Gasteiger partial charge < -0.3 is 18.9 Å². The quantitative estimate of drug-likeness (QED) is 0.167. The highest BCUT2D eigenvalue weighted by atomic mass is 17.3. The van der Waals surface area contributed by atoms with Crippen molar-refractivity contribution in [2.75, 3.05) is 28.4 Å². The van der Waals surface area contributed by atoms with Crippen LogP contribution in [0.2, 0.25) is 0 Å². The second-order valence-electron chi connectivity index (χ2n) is 6.99. The van der Waals surface area contributed by atoms with Gasteiger partial charge in [-0.15, -0.1) is 9.78 Å². The molecule has 10 nitrogen and oxygen atoms in total. The Morgan fingerprint density at radius 3 is 1.56 bits per heavy atom. The Balaban J connectivity index is 2.04. The standard InChI is InChI=1S/C24H30O10/c1-6-7-8-9-22(31-33-23(25)18-12-10-16(27-2)14-20(18)29-4)32-34-24(26)19-13-11-17(28-3)15-21(19)30-5/h10-15,22H,6-9H2,1-5H3. The van der Waals surface area contributed by atoms with Crippen molar-refractivity contribution in [1.29, 1.82) is 0 Å². The van der Waals surface area contributed by atoms with Crippen molar-refractivity contribution >= 4 is 11.9 Å². The van der Waals surface area contributed by atoms with Crippen LogP contribution in [0.5, 0.6) is 23.0 Å². The first kappa shape index (κ1) is 26.7. The summed E-state index contributed by atoms with van der Waals surface area (Å²) in [7, 11) is 5.82. The monoisotopic (exact) mass is 478 g/mol. The first-order valence-electron chi connectivity index (χ1n) is 10.7. The van der Waals surface area contributed by atoms with Crippen molar-refractivity contribution in [3.05, 3.63) is 47.5 Å². The van der Waals surface area contributed by atoms with Gasteiger partial charge in [0.2, 0.25) is 6.29 Å². The van der Waals surface area contributed by atoms with Crippen LogP contribution in [-0.4, -0.2) is 46.7 Å². The fourth-order valence-electron chi connectivity index (χ4n) is 2.89. The van der Waals surface area contributed by atoms with Gasteiger partial charge in [-0.2, -0.15) is 0 Å². The summed E-state index contributed by atoms with van der Waals surface area (Å²) in [6.07, 6.45) is 1.68. The van der Waals surface area contributed by atoms with Crippen LogP contribution in [0.25, 0.3) is 0 Å². The summed E-state index contributed by atoms with van der Waals surface area (Å²) in [4.78, 5) is 45.2. The molecule has 2 aromatic carbocycles. The summed E-state index contributed by atoms with van der Waals surface area (Å²) in [6, 6.07) is 9.20. The maximum absolute atomic E-state index is 12.5. The van der Waals surface area contributed by atoms with Crippen molar-refractivity contribution in [1.82, 2.24) is 0 Å². The summed E-state index contributed by atoms with van der Waals surface area (Å²) >= 11 is 0. The number of hydrogen-bond acceptors (Lipinski definition) is 10. The zero-order chi connectivity index (χ0) is 24.9. The molecule has 0 amide bonds. The minimum absolute atomic E-state index is 0.121. The molecule has 0 aromatic heterocycles. The SMILES string of the molecule is CCCCCC(OOC(=O)c1ccc(OC)cc1OC)OOC(=O)c1ccc(OC)cc1OC. The number of benzene rings is 2. The van der Waals surface area contributed by atoms with E-state index in [0.29, 0.717) is 24.3 Å². The first-order valence-corrected chi connectivity index (χ1v) is 10.7. The molecule has 0 bridgehead atoms. The molecule has 0 aliphatic heterocycles. The fourth-order valence-corrected chi connectivity index (χ4v) is 2.89. The molecular formula is C24H30O10. The molecule has 0 radical (unpaired) electrons. The molecule has 0 atom stereocenters. The van der Waals surface area contributed by atoms with E-state index in [-0.39, 0.29) is 22.6 Å². The smallest absolute Gasteiger partial charge is 0.376 e. The fraction of sp³-hybridized carbons (Fsp3) is 0.417. The predicted octanol–water partition coefficient (Wildman–Crippen LogP) is 4.50. The minimum atomic E-state index is -1.15. The molecule has 10 heteroatoms. The topological polar surface area (TPSA) is 108 Å². The highest BCUT2D eigenvalue weighted by Gasteiger charge is 2.23. The normalized spacial score (nSPS) is 10.5. The van der Waals surface area contributed by atoms with E-state index in [4.69, 9.17) is 38.5 Å². The van der Waals surface area contributed by atoms with Crippen LogP contribution < -0.4 is 18.9 Å². The lowest BCUT2D eigenvalue weighted by Crippen LogP contribution is -2.22. The van der Waals surface area contributed by atoms with Gasteiger partial charge >= 0.3 is 11.9 Å². The van der Waals surface area contributed by atoms with Crippen LogP contribution >= 0.6 is 0 Å². The molecular weight excluding hydrogens is 448 g/mol. The van der Waals surface area contributed by atoms with E-state index in [2.05, 4.69) is 0 Å².